The highest BCUT2D eigenvalue weighted by atomic mass is 16.5. The summed E-state index contributed by atoms with van der Waals surface area (Å²) in [7, 11) is 1.63. The number of rotatable bonds is 6. The highest BCUT2D eigenvalue weighted by Crippen LogP contribution is 2.24. The molecule has 0 aliphatic rings. The molecule has 1 amide bonds. The van der Waals surface area contributed by atoms with Gasteiger partial charge in [0, 0.05) is 23.6 Å². The van der Waals surface area contributed by atoms with E-state index in [1.807, 2.05) is 48.5 Å². The number of pyridine rings is 1. The van der Waals surface area contributed by atoms with E-state index in [4.69, 9.17) is 4.74 Å². The van der Waals surface area contributed by atoms with Gasteiger partial charge in [-0.05, 0) is 41.8 Å². The molecule has 3 rings (SSSR count). The third-order valence-electron chi connectivity index (χ3n) is 4.20. The van der Waals surface area contributed by atoms with Crippen molar-refractivity contribution in [2.45, 2.75) is 19.8 Å². The zero-order valence-corrected chi connectivity index (χ0v) is 15.7. The highest BCUT2D eigenvalue weighted by Gasteiger charge is 2.11. The SMILES string of the molecule is COc1cccc(Nc2ccc(C(=O)Nc3ccccc3C(C)C)cn2)c1. The number of carbonyl (C=O) groups is 1. The molecule has 5 heteroatoms. The maximum Gasteiger partial charge on any atom is 0.257 e. The van der Waals surface area contributed by atoms with Gasteiger partial charge in [-0.2, -0.15) is 0 Å². The van der Waals surface area contributed by atoms with E-state index in [-0.39, 0.29) is 5.91 Å². The number of ether oxygens (including phenoxy) is 1. The molecule has 0 unspecified atom stereocenters. The standard InChI is InChI=1S/C22H23N3O2/c1-15(2)19-9-4-5-10-20(19)25-22(26)16-11-12-21(23-14-16)24-17-7-6-8-18(13-17)27-3/h4-15H,1-3H3,(H,23,24)(H,25,26). The van der Waals surface area contributed by atoms with Crippen molar-refractivity contribution in [2.24, 2.45) is 0 Å². The Hall–Kier alpha value is -3.34. The number of nitrogens with one attached hydrogen (secondary N) is 2. The van der Waals surface area contributed by atoms with Gasteiger partial charge in [0.2, 0.25) is 0 Å². The number of carbonyl (C=O) groups excluding carboxylic acids is 1. The van der Waals surface area contributed by atoms with Gasteiger partial charge in [-0.1, -0.05) is 38.1 Å². The second kappa shape index (κ2) is 8.36. The van der Waals surface area contributed by atoms with Crippen LogP contribution >= 0.6 is 0 Å². The molecule has 1 aromatic heterocycles. The molecule has 0 saturated carbocycles. The van der Waals surface area contributed by atoms with Crippen LogP contribution in [0.1, 0.15) is 35.7 Å². The number of methoxy groups -OCH3 is 1. The zero-order chi connectivity index (χ0) is 19.2. The smallest absolute Gasteiger partial charge is 0.257 e. The second-order valence-electron chi connectivity index (χ2n) is 6.49. The summed E-state index contributed by atoms with van der Waals surface area (Å²) in [5.41, 5.74) is 3.31. The molecule has 0 saturated heterocycles. The predicted octanol–water partition coefficient (Wildman–Crippen LogP) is 5.21. The first-order valence-corrected chi connectivity index (χ1v) is 8.84. The molecular weight excluding hydrogens is 338 g/mol. The molecule has 0 spiro atoms. The molecule has 138 valence electrons. The molecule has 3 aromatic rings. The van der Waals surface area contributed by atoms with Crippen LogP contribution in [0.15, 0.2) is 66.9 Å². The fraction of sp³-hybridized carbons (Fsp3) is 0.182. The molecule has 0 aliphatic heterocycles. The Balaban J connectivity index is 1.70. The lowest BCUT2D eigenvalue weighted by Crippen LogP contribution is -2.14. The molecule has 5 nitrogen and oxygen atoms in total. The lowest BCUT2D eigenvalue weighted by molar-refractivity contribution is 0.102. The number of anilines is 3. The molecule has 0 radical (unpaired) electrons. The molecule has 0 aliphatic carbocycles. The van der Waals surface area contributed by atoms with E-state index >= 15 is 0 Å². The molecule has 0 fully saturated rings. The van der Waals surface area contributed by atoms with E-state index in [2.05, 4.69) is 29.5 Å². The van der Waals surface area contributed by atoms with Gasteiger partial charge in [0.15, 0.2) is 0 Å². The van der Waals surface area contributed by atoms with E-state index in [1.54, 1.807) is 25.4 Å². The quantitative estimate of drug-likeness (QED) is 0.633. The van der Waals surface area contributed by atoms with Crippen LogP contribution in [0.3, 0.4) is 0 Å². The zero-order valence-electron chi connectivity index (χ0n) is 15.7. The number of para-hydroxylation sites is 1. The molecule has 0 bridgehead atoms. The minimum atomic E-state index is -0.177. The van der Waals surface area contributed by atoms with Crippen molar-refractivity contribution >= 4 is 23.1 Å². The Morgan fingerprint density at radius 1 is 1.04 bits per heavy atom. The minimum absolute atomic E-state index is 0.177. The van der Waals surface area contributed by atoms with Gasteiger partial charge in [0.1, 0.15) is 11.6 Å². The Morgan fingerprint density at radius 2 is 1.85 bits per heavy atom. The Labute approximate surface area is 159 Å². The third kappa shape index (κ3) is 4.64. The molecular formula is C22H23N3O2. The third-order valence-corrected chi connectivity index (χ3v) is 4.20. The summed E-state index contributed by atoms with van der Waals surface area (Å²) < 4.78 is 5.21. The van der Waals surface area contributed by atoms with Crippen LogP contribution in [-0.4, -0.2) is 18.0 Å². The van der Waals surface area contributed by atoms with Crippen LogP contribution in [0.4, 0.5) is 17.2 Å². The molecule has 2 N–H and O–H groups in total. The van der Waals surface area contributed by atoms with Gasteiger partial charge in [-0.25, -0.2) is 4.98 Å². The van der Waals surface area contributed by atoms with Crippen LogP contribution in [0.5, 0.6) is 5.75 Å². The number of hydrogen-bond donors (Lipinski definition) is 2. The summed E-state index contributed by atoms with van der Waals surface area (Å²) in [6.45, 7) is 4.21. The van der Waals surface area contributed by atoms with E-state index in [9.17, 15) is 4.79 Å². The summed E-state index contributed by atoms with van der Waals surface area (Å²) in [6.07, 6.45) is 1.57. The van der Waals surface area contributed by atoms with Crippen molar-refractivity contribution in [3.63, 3.8) is 0 Å². The summed E-state index contributed by atoms with van der Waals surface area (Å²) in [5.74, 6) is 1.57. The van der Waals surface area contributed by atoms with Gasteiger partial charge in [-0.15, -0.1) is 0 Å². The monoisotopic (exact) mass is 361 g/mol. The Morgan fingerprint density at radius 3 is 2.56 bits per heavy atom. The molecule has 0 atom stereocenters. The van der Waals surface area contributed by atoms with E-state index in [0.717, 1.165) is 22.7 Å². The first kappa shape index (κ1) is 18.5. The average molecular weight is 361 g/mol. The van der Waals surface area contributed by atoms with Crippen LogP contribution in [0, 0.1) is 0 Å². The van der Waals surface area contributed by atoms with Crippen LogP contribution < -0.4 is 15.4 Å². The largest absolute Gasteiger partial charge is 0.497 e. The van der Waals surface area contributed by atoms with Crippen molar-refractivity contribution < 1.29 is 9.53 Å². The maximum atomic E-state index is 12.6. The van der Waals surface area contributed by atoms with Gasteiger partial charge in [0.05, 0.1) is 12.7 Å². The van der Waals surface area contributed by atoms with E-state index in [0.29, 0.717) is 17.3 Å². The van der Waals surface area contributed by atoms with Crippen molar-refractivity contribution in [2.75, 3.05) is 17.7 Å². The topological polar surface area (TPSA) is 63.2 Å². The Bertz CT molecular complexity index is 921. The second-order valence-corrected chi connectivity index (χ2v) is 6.49. The van der Waals surface area contributed by atoms with Crippen molar-refractivity contribution in [3.8, 4) is 5.75 Å². The fourth-order valence-electron chi connectivity index (χ4n) is 2.76. The lowest BCUT2D eigenvalue weighted by atomic mass is 10.0. The van der Waals surface area contributed by atoms with Crippen molar-refractivity contribution in [1.82, 2.24) is 4.98 Å². The summed E-state index contributed by atoms with van der Waals surface area (Å²) in [6, 6.07) is 19.0. The van der Waals surface area contributed by atoms with Gasteiger partial charge in [-0.3, -0.25) is 4.79 Å². The number of amides is 1. The number of aromatic nitrogens is 1. The van der Waals surface area contributed by atoms with E-state index < -0.39 is 0 Å². The normalized spacial score (nSPS) is 10.5. The fourth-order valence-corrected chi connectivity index (χ4v) is 2.76. The van der Waals surface area contributed by atoms with Gasteiger partial charge in [0.25, 0.3) is 5.91 Å². The predicted molar refractivity (Wildman–Crippen MR) is 109 cm³/mol. The summed E-state index contributed by atoms with van der Waals surface area (Å²) in [5, 5.41) is 6.17. The van der Waals surface area contributed by atoms with Crippen LogP contribution in [0.2, 0.25) is 0 Å². The maximum absolute atomic E-state index is 12.6. The Kier molecular flexibility index (Phi) is 5.71. The first-order chi connectivity index (χ1) is 13.1. The molecule has 2 aromatic carbocycles. The lowest BCUT2D eigenvalue weighted by Gasteiger charge is -2.13. The number of nitrogens with zero attached hydrogens (tertiary/aromatic N) is 1. The molecule has 1 heterocycles. The molecule has 27 heavy (non-hydrogen) atoms. The van der Waals surface area contributed by atoms with Gasteiger partial charge >= 0.3 is 0 Å². The van der Waals surface area contributed by atoms with Crippen molar-refractivity contribution in [3.05, 3.63) is 78.0 Å². The summed E-state index contributed by atoms with van der Waals surface area (Å²) >= 11 is 0. The summed E-state index contributed by atoms with van der Waals surface area (Å²) in [4.78, 5) is 16.9. The minimum Gasteiger partial charge on any atom is -0.497 e. The first-order valence-electron chi connectivity index (χ1n) is 8.84. The highest BCUT2D eigenvalue weighted by molar-refractivity contribution is 6.04. The number of hydrogen-bond acceptors (Lipinski definition) is 4. The average Bonchev–Trinajstić information content (AvgIpc) is 2.69. The number of benzene rings is 2. The van der Waals surface area contributed by atoms with E-state index in [1.165, 1.54) is 0 Å². The van der Waals surface area contributed by atoms with Crippen LogP contribution in [0.25, 0.3) is 0 Å². The van der Waals surface area contributed by atoms with Crippen LogP contribution in [-0.2, 0) is 0 Å². The van der Waals surface area contributed by atoms with Crippen molar-refractivity contribution in [1.29, 1.82) is 0 Å². The van der Waals surface area contributed by atoms with Gasteiger partial charge < -0.3 is 15.4 Å².